The number of hydrogen-bond donors (Lipinski definition) is 1. The van der Waals surface area contributed by atoms with E-state index < -0.39 is 8.07 Å². The predicted octanol–water partition coefficient (Wildman–Crippen LogP) is 14.8. The summed E-state index contributed by atoms with van der Waals surface area (Å²) >= 11 is 0. The molecule has 8 heteroatoms. The van der Waals surface area contributed by atoms with E-state index in [1.807, 2.05) is 26.0 Å². The lowest BCUT2D eigenvalue weighted by atomic mass is 9.94. The molecule has 5 aliphatic carbocycles. The van der Waals surface area contributed by atoms with Gasteiger partial charge in [-0.05, 0) is 147 Å². The number of benzene rings is 4. The molecule has 9 atom stereocenters. The highest BCUT2D eigenvalue weighted by Gasteiger charge is 2.42. The van der Waals surface area contributed by atoms with E-state index >= 15 is 0 Å². The number of nitrogens with one attached hydrogen (secondary N) is 1. The van der Waals surface area contributed by atoms with Crippen molar-refractivity contribution >= 4 is 19.6 Å². The summed E-state index contributed by atoms with van der Waals surface area (Å²) in [5.74, 6) is 8.37. The number of nitrogens with zero attached hydrogens (tertiary/aromatic N) is 4. The van der Waals surface area contributed by atoms with Crippen LogP contribution in [0.1, 0.15) is 115 Å². The van der Waals surface area contributed by atoms with Crippen LogP contribution in [-0.4, -0.2) is 104 Å². The highest BCUT2D eigenvalue weighted by molar-refractivity contribution is 6.76. The Bertz CT molecular complexity index is 2390. The molecule has 0 bridgehead atoms. The predicted molar refractivity (Wildman–Crippen MR) is 341 cm³/mol. The fraction of sp³-hybridized carbons (Fsp3) is 0.556. The highest BCUT2D eigenvalue weighted by Crippen LogP contribution is 2.41. The van der Waals surface area contributed by atoms with Crippen LogP contribution in [0.15, 0.2) is 157 Å². The molecule has 0 spiro atoms. The second kappa shape index (κ2) is 32.3. The molecule has 4 heterocycles. The smallest absolute Gasteiger partial charge is 0.155 e. The summed E-state index contributed by atoms with van der Waals surface area (Å²) in [6.45, 7) is 35.9. The van der Waals surface area contributed by atoms with Crippen LogP contribution in [0.3, 0.4) is 0 Å². The lowest BCUT2D eigenvalue weighted by Crippen LogP contribution is -2.39. The first kappa shape index (κ1) is 63.0. The van der Waals surface area contributed by atoms with Crippen molar-refractivity contribution in [3.05, 3.63) is 179 Å². The van der Waals surface area contributed by atoms with Crippen molar-refractivity contribution < 1.29 is 9.59 Å². The second-order valence-corrected chi connectivity index (χ2v) is 31.3. The van der Waals surface area contributed by atoms with Gasteiger partial charge in [-0.3, -0.25) is 24.3 Å². The van der Waals surface area contributed by atoms with Gasteiger partial charge in [0.25, 0.3) is 0 Å². The third-order valence-corrected chi connectivity index (χ3v) is 19.9. The number of carbonyl (C=O) groups excluding carboxylic acids is 2. The van der Waals surface area contributed by atoms with E-state index in [4.69, 9.17) is 0 Å². The average molecular weight is 1100 g/mol. The topological polar surface area (TPSA) is 59.1 Å². The summed E-state index contributed by atoms with van der Waals surface area (Å²) < 4.78 is 0. The van der Waals surface area contributed by atoms with Gasteiger partial charge in [0.1, 0.15) is 5.78 Å². The zero-order valence-corrected chi connectivity index (χ0v) is 52.2. The van der Waals surface area contributed by atoms with Gasteiger partial charge in [0.15, 0.2) is 5.78 Å². The second-order valence-electron chi connectivity index (χ2n) is 25.9. The van der Waals surface area contributed by atoms with Gasteiger partial charge in [-0.25, -0.2) is 0 Å². The van der Waals surface area contributed by atoms with Gasteiger partial charge in [-0.15, -0.1) is 0 Å². The van der Waals surface area contributed by atoms with Crippen molar-refractivity contribution in [1.82, 2.24) is 24.9 Å². The molecular weight excluding hydrogens is 995 g/mol. The lowest BCUT2D eigenvalue weighted by molar-refractivity contribution is -0.120. The Kier molecular flexibility index (Phi) is 25.5. The van der Waals surface area contributed by atoms with E-state index in [1.165, 1.54) is 93.4 Å². The molecule has 9 aliphatic rings. The van der Waals surface area contributed by atoms with Crippen LogP contribution < -0.4 is 5.32 Å². The van der Waals surface area contributed by atoms with Gasteiger partial charge in [-0.1, -0.05) is 204 Å². The van der Waals surface area contributed by atoms with Crippen LogP contribution in [0.2, 0.25) is 19.6 Å². The first-order valence-corrected chi connectivity index (χ1v) is 35.3. The van der Waals surface area contributed by atoms with Crippen LogP contribution >= 0.6 is 0 Å². The minimum Gasteiger partial charge on any atom is -0.316 e. The number of likely N-dealkylation sites (tertiary alicyclic amines) is 3. The van der Waals surface area contributed by atoms with E-state index in [1.54, 1.807) is 17.2 Å². The number of ketones is 2. The van der Waals surface area contributed by atoms with E-state index in [0.29, 0.717) is 17.6 Å². The quantitative estimate of drug-likeness (QED) is 0.119. The summed E-state index contributed by atoms with van der Waals surface area (Å²) in [7, 11) is -0.969. The largest absolute Gasteiger partial charge is 0.316 e. The summed E-state index contributed by atoms with van der Waals surface area (Å²) in [5.41, 5.74) is 8.93. The normalized spacial score (nSPS) is 27.0. The van der Waals surface area contributed by atoms with E-state index in [9.17, 15) is 9.59 Å². The fourth-order valence-corrected chi connectivity index (χ4v) is 15.9. The fourth-order valence-electron chi connectivity index (χ4n) is 14.2. The van der Waals surface area contributed by atoms with Crippen molar-refractivity contribution in [2.24, 2.45) is 53.3 Å². The Labute approximate surface area is 487 Å². The molecular formula is C72H105N5O2Si. The maximum absolute atomic E-state index is 11.6. The molecule has 4 aromatic rings. The summed E-state index contributed by atoms with van der Waals surface area (Å²) in [5, 5.41) is 3.45. The molecule has 434 valence electrons. The molecule has 4 aliphatic heterocycles. The summed E-state index contributed by atoms with van der Waals surface area (Å²) in [4.78, 5) is 32.0. The van der Waals surface area contributed by atoms with Crippen LogP contribution in [0.4, 0.5) is 0 Å². The third-order valence-electron chi connectivity index (χ3n) is 18.5. The zero-order chi connectivity index (χ0) is 56.9. The van der Waals surface area contributed by atoms with Gasteiger partial charge in [0, 0.05) is 84.2 Å². The van der Waals surface area contributed by atoms with Crippen molar-refractivity contribution in [2.75, 3.05) is 65.1 Å². The molecule has 0 amide bonds. The minimum atomic E-state index is -0.969. The Morgan fingerprint density at radius 2 is 1.01 bits per heavy atom. The van der Waals surface area contributed by atoms with E-state index in [0.717, 1.165) is 113 Å². The molecule has 6 fully saturated rings. The van der Waals surface area contributed by atoms with Crippen LogP contribution in [0.25, 0.3) is 0 Å². The third kappa shape index (κ3) is 19.8. The van der Waals surface area contributed by atoms with Gasteiger partial charge in [0.05, 0.1) is 8.07 Å². The molecule has 7 nitrogen and oxygen atoms in total. The lowest BCUT2D eigenvalue weighted by Gasteiger charge is -2.27. The van der Waals surface area contributed by atoms with Crippen molar-refractivity contribution in [3.63, 3.8) is 0 Å². The molecule has 0 aromatic heterocycles. The van der Waals surface area contributed by atoms with Gasteiger partial charge in [0.2, 0.25) is 0 Å². The van der Waals surface area contributed by atoms with Crippen molar-refractivity contribution in [3.8, 4) is 0 Å². The molecule has 2 saturated carbocycles. The molecule has 0 radical (unpaired) electrons. The van der Waals surface area contributed by atoms with Gasteiger partial charge in [-0.2, -0.15) is 0 Å². The minimum absolute atomic E-state index is 0.273. The summed E-state index contributed by atoms with van der Waals surface area (Å²) in [6, 6.07) is 43.0. The monoisotopic (exact) mass is 1100 g/mol. The number of Topliss-reactive ketones (excluding diaryl/α,β-unsaturated/α-hetero) is 1. The molecule has 4 aromatic carbocycles. The van der Waals surface area contributed by atoms with Gasteiger partial charge >= 0.3 is 0 Å². The maximum Gasteiger partial charge on any atom is 0.155 e. The Morgan fingerprint density at radius 3 is 1.40 bits per heavy atom. The number of carbonyl (C=O) groups is 2. The standard InChI is InChI=1S/2C15H19N.C14H17NO.C13H23NSi.C8H15N.C5H6O.C2H6/c2*1-12-7-8-14-10-16(11-15(12)14)9-13-5-3-2-4-6-13;16-14-7-6-12-9-15(10-13(12)14)8-11-4-2-1-3-5-11;1-5-14(12-15(2,3)4)11-13-9-7-6-8-10-13;1-6-2-3-7-4-9-5-8(6)7;6-5-3-1-2-4-5;1-2/h2*2-7,14-15H,8-11H2,1H3;1-5,12-13H,6-10H2;6-10H,5,11-12H2,1-4H3;6-9H,2-5H2,1H3;1,3H,2,4H2;1-2H3. The SMILES string of the molecule is CC.CC1=CCC2CN(Cc3ccccc3)CC12.CC1=CCC2CN(Cc3ccccc3)CC12.CC1CCC2CNCC12.CCN(Cc1ccccc1)C[Si](C)(C)C.O=C1C=CCC1.O=C1CCC2CN(Cc3ccccc3)CC12. The van der Waals surface area contributed by atoms with E-state index in [2.05, 4.69) is 200 Å². The van der Waals surface area contributed by atoms with Crippen molar-refractivity contribution in [2.45, 2.75) is 139 Å². The Balaban J connectivity index is 0.000000141. The number of rotatable bonds is 11. The van der Waals surface area contributed by atoms with Crippen LogP contribution in [0.5, 0.6) is 0 Å². The first-order valence-electron chi connectivity index (χ1n) is 31.6. The van der Waals surface area contributed by atoms with Gasteiger partial charge < -0.3 is 10.2 Å². The molecule has 4 saturated heterocycles. The summed E-state index contributed by atoms with van der Waals surface area (Å²) in [6.07, 6.45) is 18.9. The van der Waals surface area contributed by atoms with Crippen LogP contribution in [0, 0.1) is 53.3 Å². The maximum atomic E-state index is 11.6. The number of allylic oxidation sites excluding steroid dienone is 4. The molecule has 9 unspecified atom stereocenters. The average Bonchev–Trinajstić information content (AvgIpc) is 4.34. The molecule has 1 N–H and O–H groups in total. The molecule has 80 heavy (non-hydrogen) atoms. The van der Waals surface area contributed by atoms with Crippen molar-refractivity contribution in [1.29, 1.82) is 0 Å². The van der Waals surface area contributed by atoms with E-state index in [-0.39, 0.29) is 5.78 Å². The Hall–Kier alpha value is -4.54. The van der Waals surface area contributed by atoms with Crippen LogP contribution in [-0.2, 0) is 35.8 Å². The number of hydrogen-bond acceptors (Lipinski definition) is 7. The Morgan fingerprint density at radius 1 is 0.550 bits per heavy atom. The first-order chi connectivity index (χ1) is 38.8. The molecule has 13 rings (SSSR count). The number of fused-ring (bicyclic) bond motifs is 4. The zero-order valence-electron chi connectivity index (χ0n) is 51.2. The highest BCUT2D eigenvalue weighted by atomic mass is 28.3.